The molecule has 0 spiro atoms. The number of benzene rings is 2. The van der Waals surface area contributed by atoms with Crippen LogP contribution in [0.5, 0.6) is 6.01 Å². The molecular weight excluding hydrogens is 548 g/mol. The highest BCUT2D eigenvalue weighted by molar-refractivity contribution is 6.01. The van der Waals surface area contributed by atoms with Gasteiger partial charge in [-0.05, 0) is 69.8 Å². The molecule has 4 saturated heterocycles. The van der Waals surface area contributed by atoms with Gasteiger partial charge in [0.2, 0.25) is 0 Å². The second kappa shape index (κ2) is 9.54. The number of hydrogen-bond acceptors (Lipinski definition) is 6. The monoisotopic (exact) mass is 580 g/mol. The number of nitrogens with one attached hydrogen (secondary N) is 2. The van der Waals surface area contributed by atoms with Crippen molar-refractivity contribution < 1.29 is 22.3 Å². The second-order valence-corrected chi connectivity index (χ2v) is 12.3. The predicted molar refractivity (Wildman–Crippen MR) is 152 cm³/mol. The van der Waals surface area contributed by atoms with Gasteiger partial charge in [0.1, 0.15) is 17.9 Å². The van der Waals surface area contributed by atoms with Gasteiger partial charge in [0.15, 0.2) is 5.82 Å². The number of aromatic nitrogens is 3. The number of H-pyrrole nitrogens is 1. The first-order valence-corrected chi connectivity index (χ1v) is 14.9. The first kappa shape index (κ1) is 26.2. The molecule has 7 nitrogen and oxygen atoms in total. The summed E-state index contributed by atoms with van der Waals surface area (Å²) >= 11 is 0. The molecule has 2 N–H and O–H groups in total. The van der Waals surface area contributed by atoms with Crippen LogP contribution in [-0.2, 0) is 6.18 Å². The van der Waals surface area contributed by atoms with Crippen LogP contribution in [0.15, 0.2) is 36.5 Å². The maximum Gasteiger partial charge on any atom is 0.417 e. The molecule has 6 heterocycles. The van der Waals surface area contributed by atoms with Gasteiger partial charge in [-0.25, -0.2) is 4.39 Å². The van der Waals surface area contributed by atoms with Crippen LogP contribution >= 0.6 is 0 Å². The van der Waals surface area contributed by atoms with Crippen LogP contribution in [0, 0.1) is 5.82 Å². The SMILES string of the molecule is Fc1c(-c2c[nH]c3cccc(C(F)(F)F)c23)ccc2c(N3C[C@H]4CC[C@@H](C3)N4)nc(OCC34CCCN3CCC4)nc12. The highest BCUT2D eigenvalue weighted by Crippen LogP contribution is 2.43. The van der Waals surface area contributed by atoms with Crippen molar-refractivity contribution in [2.24, 2.45) is 0 Å². The first-order chi connectivity index (χ1) is 20.3. The largest absolute Gasteiger partial charge is 0.461 e. The molecule has 2 aromatic heterocycles. The molecule has 0 amide bonds. The van der Waals surface area contributed by atoms with E-state index in [4.69, 9.17) is 9.72 Å². The van der Waals surface area contributed by atoms with Crippen LogP contribution in [0.4, 0.5) is 23.4 Å². The number of alkyl halides is 3. The molecule has 220 valence electrons. The average Bonchev–Trinajstić information content (AvgIpc) is 3.74. The average molecular weight is 581 g/mol. The Morgan fingerprint density at radius 1 is 0.976 bits per heavy atom. The zero-order valence-corrected chi connectivity index (χ0v) is 23.1. The van der Waals surface area contributed by atoms with E-state index < -0.39 is 17.6 Å². The Kier molecular flexibility index (Phi) is 5.95. The fourth-order valence-electron chi connectivity index (χ4n) is 7.90. The van der Waals surface area contributed by atoms with Crippen molar-refractivity contribution >= 4 is 27.6 Å². The molecule has 4 aromatic rings. The Hall–Kier alpha value is -3.44. The van der Waals surface area contributed by atoms with Gasteiger partial charge >= 0.3 is 12.2 Å². The van der Waals surface area contributed by atoms with E-state index in [1.54, 1.807) is 18.2 Å². The molecule has 2 bridgehead atoms. The minimum atomic E-state index is -4.59. The van der Waals surface area contributed by atoms with Gasteiger partial charge in [-0.1, -0.05) is 12.1 Å². The summed E-state index contributed by atoms with van der Waals surface area (Å²) in [6.07, 6.45) is 3.35. The molecule has 4 fully saturated rings. The summed E-state index contributed by atoms with van der Waals surface area (Å²) in [5.41, 5.74) is -0.296. The van der Waals surface area contributed by atoms with Gasteiger partial charge in [-0.15, -0.1) is 0 Å². The topological polar surface area (TPSA) is 69.3 Å². The third kappa shape index (κ3) is 4.15. The summed E-state index contributed by atoms with van der Waals surface area (Å²) < 4.78 is 64.8. The molecule has 2 aromatic carbocycles. The number of halogens is 4. The fourth-order valence-corrected chi connectivity index (χ4v) is 7.90. The highest BCUT2D eigenvalue weighted by atomic mass is 19.4. The van der Waals surface area contributed by atoms with Crippen LogP contribution in [0.2, 0.25) is 0 Å². The van der Waals surface area contributed by atoms with Crippen molar-refractivity contribution in [2.75, 3.05) is 37.7 Å². The van der Waals surface area contributed by atoms with Crippen molar-refractivity contribution in [1.29, 1.82) is 0 Å². The van der Waals surface area contributed by atoms with Gasteiger partial charge in [-0.3, -0.25) is 4.90 Å². The predicted octanol–water partition coefficient (Wildman–Crippen LogP) is 5.88. The molecule has 4 aliphatic heterocycles. The van der Waals surface area contributed by atoms with Gasteiger partial charge in [0.05, 0.1) is 11.1 Å². The summed E-state index contributed by atoms with van der Waals surface area (Å²) in [4.78, 5) is 17.0. The third-order valence-electron chi connectivity index (χ3n) is 9.86. The van der Waals surface area contributed by atoms with Crippen LogP contribution in [-0.4, -0.2) is 70.3 Å². The molecule has 0 unspecified atom stereocenters. The number of nitrogens with zero attached hydrogens (tertiary/aromatic N) is 4. The van der Waals surface area contributed by atoms with Gasteiger partial charge in [0.25, 0.3) is 0 Å². The smallest absolute Gasteiger partial charge is 0.417 e. The maximum absolute atomic E-state index is 16.6. The van der Waals surface area contributed by atoms with E-state index in [1.165, 1.54) is 12.3 Å². The minimum Gasteiger partial charge on any atom is -0.461 e. The van der Waals surface area contributed by atoms with Gasteiger partial charge in [-0.2, -0.15) is 23.1 Å². The lowest BCUT2D eigenvalue weighted by Crippen LogP contribution is -2.51. The van der Waals surface area contributed by atoms with E-state index in [0.29, 0.717) is 35.4 Å². The molecule has 2 atom stereocenters. The van der Waals surface area contributed by atoms with Crippen LogP contribution in [0.3, 0.4) is 0 Å². The van der Waals surface area contributed by atoms with E-state index in [2.05, 4.69) is 25.1 Å². The quantitative estimate of drug-likeness (QED) is 0.287. The van der Waals surface area contributed by atoms with E-state index in [1.807, 2.05) is 0 Å². The number of fused-ring (bicyclic) bond motifs is 5. The van der Waals surface area contributed by atoms with Crippen molar-refractivity contribution in [2.45, 2.75) is 62.3 Å². The lowest BCUT2D eigenvalue weighted by atomic mass is 9.95. The van der Waals surface area contributed by atoms with E-state index in [0.717, 1.165) is 70.8 Å². The zero-order chi connectivity index (χ0) is 28.6. The standard InChI is InChI=1S/C31H32F4N6O/c32-26-20(22-14-36-24-5-1-4-23(25(22)24)31(33,34)35)8-9-21-27(26)38-29(42-17-30-10-2-12-41(30)13-3-11-30)39-28(21)40-15-18-6-7-19(16-40)37-18/h1,4-5,8-9,14,18-19,36-37H,2-3,6-7,10-13,15-17H2/t18-,19+. The first-order valence-electron chi connectivity index (χ1n) is 14.9. The number of rotatable bonds is 5. The summed E-state index contributed by atoms with van der Waals surface area (Å²) in [6.45, 7) is 4.02. The Labute approximate surface area is 240 Å². The Morgan fingerprint density at radius 3 is 2.48 bits per heavy atom. The number of ether oxygens (including phenoxy) is 1. The maximum atomic E-state index is 16.6. The Morgan fingerprint density at radius 2 is 1.74 bits per heavy atom. The van der Waals surface area contributed by atoms with Crippen LogP contribution in [0.1, 0.15) is 44.1 Å². The third-order valence-corrected chi connectivity index (χ3v) is 9.86. The molecule has 0 radical (unpaired) electrons. The van der Waals surface area contributed by atoms with Crippen molar-refractivity contribution in [3.63, 3.8) is 0 Å². The van der Waals surface area contributed by atoms with Crippen molar-refractivity contribution in [3.8, 4) is 17.1 Å². The van der Waals surface area contributed by atoms with E-state index in [9.17, 15) is 13.2 Å². The fraction of sp³-hybridized carbons (Fsp3) is 0.484. The van der Waals surface area contributed by atoms with Crippen molar-refractivity contribution in [1.82, 2.24) is 25.2 Å². The second-order valence-electron chi connectivity index (χ2n) is 12.3. The van der Waals surface area contributed by atoms with Gasteiger partial charge in [0, 0.05) is 58.8 Å². The number of hydrogen-bond donors (Lipinski definition) is 2. The Balaban J connectivity index is 1.25. The lowest BCUT2D eigenvalue weighted by Gasteiger charge is -2.34. The van der Waals surface area contributed by atoms with Crippen molar-refractivity contribution in [3.05, 3.63) is 47.9 Å². The van der Waals surface area contributed by atoms with Crippen LogP contribution in [0.25, 0.3) is 32.9 Å². The number of piperazine rings is 1. The molecule has 4 aliphatic rings. The molecule has 11 heteroatoms. The molecule has 0 aliphatic carbocycles. The molecule has 8 rings (SSSR count). The zero-order valence-electron chi connectivity index (χ0n) is 23.1. The summed E-state index contributed by atoms with van der Waals surface area (Å²) in [5.74, 6) is -0.0699. The summed E-state index contributed by atoms with van der Waals surface area (Å²) in [7, 11) is 0. The molecule has 42 heavy (non-hydrogen) atoms. The van der Waals surface area contributed by atoms with Crippen LogP contribution < -0.4 is 15.0 Å². The lowest BCUT2D eigenvalue weighted by molar-refractivity contribution is -0.136. The summed E-state index contributed by atoms with van der Waals surface area (Å²) in [6, 6.07) is 8.00. The molecule has 0 saturated carbocycles. The number of aromatic amines is 1. The highest BCUT2D eigenvalue weighted by Gasteiger charge is 2.45. The normalized spacial score (nSPS) is 23.8. The molecular formula is C31H32F4N6O. The van der Waals surface area contributed by atoms with E-state index in [-0.39, 0.29) is 33.6 Å². The van der Waals surface area contributed by atoms with E-state index >= 15 is 4.39 Å². The number of anilines is 1. The van der Waals surface area contributed by atoms with Gasteiger partial charge < -0.3 is 19.9 Å². The minimum absolute atomic E-state index is 0.0366. The Bertz CT molecular complexity index is 1660. The summed E-state index contributed by atoms with van der Waals surface area (Å²) in [5, 5.41) is 4.09.